The van der Waals surface area contributed by atoms with Crippen molar-refractivity contribution >= 4 is 17.3 Å². The Balaban J connectivity index is 1.48. The largest absolute Gasteiger partial charge is 0.379 e. The first-order valence-corrected chi connectivity index (χ1v) is 10.3. The van der Waals surface area contributed by atoms with E-state index < -0.39 is 0 Å². The van der Waals surface area contributed by atoms with Gasteiger partial charge in [-0.3, -0.25) is 9.89 Å². The molecule has 1 aliphatic rings. The van der Waals surface area contributed by atoms with Crippen LogP contribution in [0.25, 0.3) is 0 Å². The number of benzene rings is 1. The summed E-state index contributed by atoms with van der Waals surface area (Å²) in [5.41, 5.74) is 2.60. The number of aryl methyl sites for hydroxylation is 1. The molecule has 0 atom stereocenters. The van der Waals surface area contributed by atoms with Crippen LogP contribution >= 0.6 is 11.3 Å². The second-order valence-corrected chi connectivity index (χ2v) is 7.76. The molecule has 0 spiro atoms. The Morgan fingerprint density at radius 3 is 2.74 bits per heavy atom. The lowest BCUT2D eigenvalue weighted by Crippen LogP contribution is -2.36. The zero-order valence-corrected chi connectivity index (χ0v) is 17.0. The zero-order valence-electron chi connectivity index (χ0n) is 16.2. The summed E-state index contributed by atoms with van der Waals surface area (Å²) in [7, 11) is 1.80. The Morgan fingerprint density at radius 2 is 2.00 bits per heavy atom. The molecule has 7 heteroatoms. The first-order valence-electron chi connectivity index (χ1n) is 9.53. The maximum atomic E-state index is 5.43. The molecule has 27 heavy (non-hydrogen) atoms. The molecule has 1 fully saturated rings. The van der Waals surface area contributed by atoms with Crippen molar-refractivity contribution in [3.05, 3.63) is 51.5 Å². The molecule has 0 saturated carbocycles. The van der Waals surface area contributed by atoms with Gasteiger partial charge in [-0.25, -0.2) is 4.98 Å². The molecule has 0 amide bonds. The van der Waals surface area contributed by atoms with E-state index in [9.17, 15) is 0 Å². The predicted octanol–water partition coefficient (Wildman–Crippen LogP) is 2.40. The van der Waals surface area contributed by atoms with Crippen LogP contribution in [-0.4, -0.2) is 49.2 Å². The summed E-state index contributed by atoms with van der Waals surface area (Å²) in [5.74, 6) is 0.793. The number of rotatable bonds is 7. The number of ether oxygens (including phenoxy) is 1. The molecule has 2 aromatic rings. The van der Waals surface area contributed by atoms with Crippen molar-refractivity contribution in [2.24, 2.45) is 4.99 Å². The van der Waals surface area contributed by atoms with Gasteiger partial charge in [-0.15, -0.1) is 11.3 Å². The minimum atomic E-state index is 0.696. The third-order valence-corrected chi connectivity index (χ3v) is 5.68. The summed E-state index contributed by atoms with van der Waals surface area (Å²) in [6.07, 6.45) is 2.99. The summed E-state index contributed by atoms with van der Waals surface area (Å²) in [4.78, 5) is 12.5. The van der Waals surface area contributed by atoms with Gasteiger partial charge in [-0.1, -0.05) is 31.2 Å². The van der Waals surface area contributed by atoms with E-state index in [-0.39, 0.29) is 0 Å². The van der Waals surface area contributed by atoms with Crippen molar-refractivity contribution in [1.29, 1.82) is 0 Å². The number of hydrogen-bond acceptors (Lipinski definition) is 5. The molecular formula is C20H29N5OS. The molecule has 3 rings (SSSR count). The fourth-order valence-corrected chi connectivity index (χ4v) is 3.82. The minimum Gasteiger partial charge on any atom is -0.379 e. The van der Waals surface area contributed by atoms with Crippen LogP contribution in [0.3, 0.4) is 0 Å². The van der Waals surface area contributed by atoms with Crippen LogP contribution in [0.4, 0.5) is 0 Å². The normalized spacial score (nSPS) is 15.7. The molecule has 0 unspecified atom stereocenters. The quantitative estimate of drug-likeness (QED) is 0.564. The van der Waals surface area contributed by atoms with Crippen molar-refractivity contribution in [1.82, 2.24) is 20.5 Å². The lowest BCUT2D eigenvalue weighted by molar-refractivity contribution is 0.0342. The molecule has 0 radical (unpaired) electrons. The maximum absolute atomic E-state index is 5.43. The summed E-state index contributed by atoms with van der Waals surface area (Å²) < 4.78 is 5.43. The van der Waals surface area contributed by atoms with Gasteiger partial charge in [0.1, 0.15) is 5.01 Å². The van der Waals surface area contributed by atoms with Crippen molar-refractivity contribution < 1.29 is 4.74 Å². The van der Waals surface area contributed by atoms with E-state index in [0.29, 0.717) is 6.54 Å². The molecule has 146 valence electrons. The Morgan fingerprint density at radius 1 is 1.22 bits per heavy atom. The van der Waals surface area contributed by atoms with E-state index in [4.69, 9.17) is 4.74 Å². The molecule has 2 heterocycles. The van der Waals surface area contributed by atoms with Gasteiger partial charge in [0.05, 0.1) is 19.8 Å². The molecular weight excluding hydrogens is 358 g/mol. The van der Waals surface area contributed by atoms with Gasteiger partial charge >= 0.3 is 0 Å². The van der Waals surface area contributed by atoms with Crippen molar-refractivity contribution in [2.75, 3.05) is 33.4 Å². The lowest BCUT2D eigenvalue weighted by Gasteiger charge is -2.26. The molecule has 1 saturated heterocycles. The highest BCUT2D eigenvalue weighted by Gasteiger charge is 2.11. The molecule has 6 nitrogen and oxygen atoms in total. The third-order valence-electron chi connectivity index (χ3n) is 4.54. The van der Waals surface area contributed by atoms with Gasteiger partial charge in [0.2, 0.25) is 0 Å². The molecule has 1 aromatic heterocycles. The van der Waals surface area contributed by atoms with Crippen LogP contribution in [0.15, 0.2) is 35.5 Å². The number of aromatic nitrogens is 1. The predicted molar refractivity (Wildman–Crippen MR) is 111 cm³/mol. The van der Waals surface area contributed by atoms with E-state index in [1.807, 2.05) is 6.20 Å². The zero-order chi connectivity index (χ0) is 18.9. The monoisotopic (exact) mass is 387 g/mol. The molecule has 0 aliphatic carbocycles. The smallest absolute Gasteiger partial charge is 0.191 e. The van der Waals surface area contributed by atoms with Crippen LogP contribution < -0.4 is 10.6 Å². The average Bonchev–Trinajstić information content (AvgIpc) is 3.17. The van der Waals surface area contributed by atoms with Crippen molar-refractivity contribution in [3.63, 3.8) is 0 Å². The first-order chi connectivity index (χ1) is 13.3. The fourth-order valence-electron chi connectivity index (χ4n) is 3.01. The maximum Gasteiger partial charge on any atom is 0.191 e. The number of hydrogen-bond donors (Lipinski definition) is 2. The Labute approximate surface area is 165 Å². The van der Waals surface area contributed by atoms with Crippen LogP contribution in [0, 0.1) is 0 Å². The molecule has 2 N–H and O–H groups in total. The minimum absolute atomic E-state index is 0.696. The topological polar surface area (TPSA) is 61.8 Å². The highest BCUT2D eigenvalue weighted by molar-refractivity contribution is 7.11. The van der Waals surface area contributed by atoms with Gasteiger partial charge in [0.25, 0.3) is 0 Å². The summed E-state index contributed by atoms with van der Waals surface area (Å²) >= 11 is 1.75. The molecule has 1 aromatic carbocycles. The first kappa shape index (κ1) is 19.8. The number of guanidine groups is 1. The number of nitrogens with zero attached hydrogens (tertiary/aromatic N) is 3. The van der Waals surface area contributed by atoms with Gasteiger partial charge < -0.3 is 15.4 Å². The highest BCUT2D eigenvalue weighted by Crippen LogP contribution is 2.13. The van der Waals surface area contributed by atoms with E-state index in [0.717, 1.165) is 56.8 Å². The Hall–Kier alpha value is -1.96. The fraction of sp³-hybridized carbons (Fsp3) is 0.500. The Kier molecular flexibility index (Phi) is 7.62. The SMILES string of the molecule is CCc1cnc(CNC(=NC)NCc2cccc(CN3CCOCC3)c2)s1. The number of nitrogens with one attached hydrogen (secondary N) is 2. The lowest BCUT2D eigenvalue weighted by atomic mass is 10.1. The van der Waals surface area contributed by atoms with E-state index >= 15 is 0 Å². The summed E-state index contributed by atoms with van der Waals surface area (Å²) in [5, 5.41) is 7.81. The molecule has 0 bridgehead atoms. The standard InChI is InChI=1S/C20H29N5OS/c1-3-18-13-22-19(27-18)14-24-20(21-2)23-12-16-5-4-6-17(11-16)15-25-7-9-26-10-8-25/h4-6,11,13H,3,7-10,12,14-15H2,1-2H3,(H2,21,23,24). The van der Waals surface area contributed by atoms with E-state index in [2.05, 4.69) is 56.7 Å². The van der Waals surface area contributed by atoms with Crippen molar-refractivity contribution in [2.45, 2.75) is 33.0 Å². The van der Waals surface area contributed by atoms with Crippen molar-refractivity contribution in [3.8, 4) is 0 Å². The van der Waals surface area contributed by atoms with Gasteiger partial charge in [0.15, 0.2) is 5.96 Å². The van der Waals surface area contributed by atoms with Crippen LogP contribution in [0.1, 0.15) is 27.9 Å². The van der Waals surface area contributed by atoms with Gasteiger partial charge in [-0.05, 0) is 17.5 Å². The van der Waals surface area contributed by atoms with Gasteiger partial charge in [-0.2, -0.15) is 0 Å². The summed E-state index contributed by atoms with van der Waals surface area (Å²) in [6, 6.07) is 8.74. The second-order valence-electron chi connectivity index (χ2n) is 6.56. The number of aliphatic imine (C=N–C) groups is 1. The highest BCUT2D eigenvalue weighted by atomic mass is 32.1. The van der Waals surface area contributed by atoms with Crippen LogP contribution in [0.2, 0.25) is 0 Å². The van der Waals surface area contributed by atoms with E-state index in [1.165, 1.54) is 16.0 Å². The van der Waals surface area contributed by atoms with Gasteiger partial charge in [0, 0.05) is 44.3 Å². The number of thiazole rings is 1. The summed E-state index contributed by atoms with van der Waals surface area (Å²) in [6.45, 7) is 8.26. The number of morpholine rings is 1. The molecule has 1 aliphatic heterocycles. The van der Waals surface area contributed by atoms with Crippen LogP contribution in [0.5, 0.6) is 0 Å². The average molecular weight is 388 g/mol. The van der Waals surface area contributed by atoms with E-state index in [1.54, 1.807) is 18.4 Å². The third kappa shape index (κ3) is 6.30. The second kappa shape index (κ2) is 10.4. The Bertz CT molecular complexity index is 739. The van der Waals surface area contributed by atoms with Crippen LogP contribution in [-0.2, 0) is 30.8 Å².